The molecule has 0 spiro atoms. The second kappa shape index (κ2) is 8.99. The van der Waals surface area contributed by atoms with Gasteiger partial charge >= 0.3 is 0 Å². The molecule has 0 saturated heterocycles. The van der Waals surface area contributed by atoms with Gasteiger partial charge in [0.1, 0.15) is 0 Å². The fourth-order valence-electron chi connectivity index (χ4n) is 2.65. The zero-order chi connectivity index (χ0) is 18.2. The molecule has 132 valence electrons. The highest BCUT2D eigenvalue weighted by atomic mass is 16.2. The molecule has 5 nitrogen and oxygen atoms in total. The van der Waals surface area contributed by atoms with Gasteiger partial charge in [0.15, 0.2) is 0 Å². The van der Waals surface area contributed by atoms with E-state index in [4.69, 9.17) is 0 Å². The first-order valence-corrected chi connectivity index (χ1v) is 8.41. The quantitative estimate of drug-likeness (QED) is 0.726. The molecule has 2 aromatic rings. The fraction of sp³-hybridized carbons (Fsp3) is 0.300. The number of anilines is 1. The van der Waals surface area contributed by atoms with Crippen LogP contribution in [0.5, 0.6) is 0 Å². The molecule has 0 aliphatic rings. The molecule has 0 saturated carbocycles. The molecular weight excluding hydrogens is 314 g/mol. The van der Waals surface area contributed by atoms with Gasteiger partial charge in [0, 0.05) is 31.3 Å². The summed E-state index contributed by atoms with van der Waals surface area (Å²) >= 11 is 0. The van der Waals surface area contributed by atoms with Crippen LogP contribution in [-0.4, -0.2) is 25.4 Å². The number of nitrogens with one attached hydrogen (secondary N) is 3. The van der Waals surface area contributed by atoms with Gasteiger partial charge in [0.25, 0.3) is 5.91 Å². The van der Waals surface area contributed by atoms with E-state index in [1.165, 1.54) is 6.92 Å². The molecule has 2 aromatic carbocycles. The molecule has 0 aliphatic carbocycles. The molecule has 1 unspecified atom stereocenters. The highest BCUT2D eigenvalue weighted by Gasteiger charge is 2.07. The van der Waals surface area contributed by atoms with Gasteiger partial charge in [0.05, 0.1) is 0 Å². The summed E-state index contributed by atoms with van der Waals surface area (Å²) < 4.78 is 0. The predicted octanol–water partition coefficient (Wildman–Crippen LogP) is 2.90. The second-order valence-corrected chi connectivity index (χ2v) is 6.01. The Labute approximate surface area is 148 Å². The van der Waals surface area contributed by atoms with Gasteiger partial charge in [-0.25, -0.2) is 0 Å². The highest BCUT2D eigenvalue weighted by Crippen LogP contribution is 2.17. The number of hydrogen-bond donors (Lipinski definition) is 3. The Balaban J connectivity index is 1.91. The molecule has 0 aromatic heterocycles. The van der Waals surface area contributed by atoms with Gasteiger partial charge in [-0.15, -0.1) is 0 Å². The molecule has 25 heavy (non-hydrogen) atoms. The highest BCUT2D eigenvalue weighted by molar-refractivity contribution is 5.94. The number of benzene rings is 2. The van der Waals surface area contributed by atoms with Gasteiger partial charge < -0.3 is 16.0 Å². The zero-order valence-electron chi connectivity index (χ0n) is 14.9. The van der Waals surface area contributed by atoms with E-state index in [9.17, 15) is 9.59 Å². The minimum absolute atomic E-state index is 0.0713. The molecule has 1 atom stereocenters. The van der Waals surface area contributed by atoms with Crippen LogP contribution in [0.1, 0.15) is 41.4 Å². The number of rotatable bonds is 7. The standard InChI is InChI=1S/C20H25N3O2/c1-14(17-7-5-9-19(13-17)23-15(2)24)22-11-10-16-6-4-8-18(12-16)20(25)21-3/h4-9,12-14,22H,10-11H2,1-3H3,(H,21,25)(H,23,24). The SMILES string of the molecule is CNC(=O)c1cccc(CCNC(C)c2cccc(NC(C)=O)c2)c1. The van der Waals surface area contributed by atoms with Crippen LogP contribution in [0.4, 0.5) is 5.69 Å². The molecule has 0 heterocycles. The maximum atomic E-state index is 11.7. The van der Waals surface area contributed by atoms with Crippen molar-refractivity contribution in [2.45, 2.75) is 26.3 Å². The van der Waals surface area contributed by atoms with E-state index in [1.807, 2.05) is 48.5 Å². The van der Waals surface area contributed by atoms with Crippen molar-refractivity contribution in [2.75, 3.05) is 18.9 Å². The molecular formula is C20H25N3O2. The first-order chi connectivity index (χ1) is 12.0. The third-order valence-electron chi connectivity index (χ3n) is 3.99. The number of carbonyl (C=O) groups excluding carboxylic acids is 2. The van der Waals surface area contributed by atoms with Crippen molar-refractivity contribution in [1.29, 1.82) is 0 Å². The van der Waals surface area contributed by atoms with Crippen LogP contribution in [0.25, 0.3) is 0 Å². The number of amides is 2. The Hall–Kier alpha value is -2.66. The van der Waals surface area contributed by atoms with Crippen LogP contribution in [0.3, 0.4) is 0 Å². The summed E-state index contributed by atoms with van der Waals surface area (Å²) in [6.45, 7) is 4.39. The van der Waals surface area contributed by atoms with Crippen LogP contribution in [-0.2, 0) is 11.2 Å². The lowest BCUT2D eigenvalue weighted by Gasteiger charge is -2.15. The second-order valence-electron chi connectivity index (χ2n) is 6.01. The molecule has 0 radical (unpaired) electrons. The van der Waals surface area contributed by atoms with Crippen molar-refractivity contribution in [1.82, 2.24) is 10.6 Å². The fourth-order valence-corrected chi connectivity index (χ4v) is 2.65. The monoisotopic (exact) mass is 339 g/mol. The van der Waals surface area contributed by atoms with Crippen molar-refractivity contribution in [2.24, 2.45) is 0 Å². The maximum Gasteiger partial charge on any atom is 0.251 e. The van der Waals surface area contributed by atoms with Crippen molar-refractivity contribution < 1.29 is 9.59 Å². The summed E-state index contributed by atoms with van der Waals surface area (Å²) in [5.74, 6) is -0.147. The topological polar surface area (TPSA) is 70.2 Å². The Kier molecular flexibility index (Phi) is 6.71. The van der Waals surface area contributed by atoms with E-state index < -0.39 is 0 Å². The van der Waals surface area contributed by atoms with E-state index >= 15 is 0 Å². The molecule has 5 heteroatoms. The average molecular weight is 339 g/mol. The van der Waals surface area contributed by atoms with Crippen LogP contribution in [0.15, 0.2) is 48.5 Å². The Morgan fingerprint density at radius 2 is 1.84 bits per heavy atom. The molecule has 2 amide bonds. The van der Waals surface area contributed by atoms with E-state index in [0.29, 0.717) is 5.56 Å². The summed E-state index contributed by atoms with van der Waals surface area (Å²) in [4.78, 5) is 22.8. The molecule has 2 rings (SSSR count). The number of carbonyl (C=O) groups is 2. The van der Waals surface area contributed by atoms with E-state index in [1.54, 1.807) is 7.05 Å². The van der Waals surface area contributed by atoms with Gasteiger partial charge in [-0.05, 0) is 55.3 Å². The van der Waals surface area contributed by atoms with Gasteiger partial charge in [-0.2, -0.15) is 0 Å². The summed E-state index contributed by atoms with van der Waals surface area (Å²) in [5, 5.41) is 8.92. The third kappa shape index (κ3) is 5.72. The van der Waals surface area contributed by atoms with Gasteiger partial charge in [-0.3, -0.25) is 9.59 Å². The Morgan fingerprint density at radius 3 is 2.56 bits per heavy atom. The lowest BCUT2D eigenvalue weighted by atomic mass is 10.1. The third-order valence-corrected chi connectivity index (χ3v) is 3.99. The summed E-state index contributed by atoms with van der Waals surface area (Å²) in [5.41, 5.74) is 3.71. The molecule has 0 bridgehead atoms. The zero-order valence-corrected chi connectivity index (χ0v) is 14.9. The average Bonchev–Trinajstić information content (AvgIpc) is 2.61. The lowest BCUT2D eigenvalue weighted by Crippen LogP contribution is -2.22. The minimum atomic E-state index is -0.0752. The van der Waals surface area contributed by atoms with Gasteiger partial charge in [0.2, 0.25) is 5.91 Å². The summed E-state index contributed by atoms with van der Waals surface area (Å²) in [7, 11) is 1.63. The van der Waals surface area contributed by atoms with Crippen molar-refractivity contribution in [3.63, 3.8) is 0 Å². The largest absolute Gasteiger partial charge is 0.355 e. The minimum Gasteiger partial charge on any atom is -0.355 e. The van der Waals surface area contributed by atoms with Crippen LogP contribution in [0, 0.1) is 0 Å². The van der Waals surface area contributed by atoms with Crippen LogP contribution >= 0.6 is 0 Å². The summed E-state index contributed by atoms with van der Waals surface area (Å²) in [6, 6.07) is 15.6. The Bertz CT molecular complexity index is 743. The first kappa shape index (κ1) is 18.7. The van der Waals surface area contributed by atoms with Crippen molar-refractivity contribution >= 4 is 17.5 Å². The lowest BCUT2D eigenvalue weighted by molar-refractivity contribution is -0.114. The summed E-state index contributed by atoms with van der Waals surface area (Å²) in [6.07, 6.45) is 0.834. The molecule has 0 fully saturated rings. The van der Waals surface area contributed by atoms with Crippen LogP contribution in [0.2, 0.25) is 0 Å². The molecule has 0 aliphatic heterocycles. The van der Waals surface area contributed by atoms with Crippen LogP contribution < -0.4 is 16.0 Å². The smallest absolute Gasteiger partial charge is 0.251 e. The normalized spacial score (nSPS) is 11.6. The first-order valence-electron chi connectivity index (χ1n) is 8.41. The maximum absolute atomic E-state index is 11.7. The van der Waals surface area contributed by atoms with E-state index in [-0.39, 0.29) is 17.9 Å². The van der Waals surface area contributed by atoms with Crippen molar-refractivity contribution in [3.8, 4) is 0 Å². The van der Waals surface area contributed by atoms with E-state index in [0.717, 1.165) is 29.8 Å². The van der Waals surface area contributed by atoms with E-state index in [2.05, 4.69) is 22.9 Å². The van der Waals surface area contributed by atoms with Crippen molar-refractivity contribution in [3.05, 3.63) is 65.2 Å². The predicted molar refractivity (Wildman–Crippen MR) is 101 cm³/mol. The van der Waals surface area contributed by atoms with Gasteiger partial charge in [-0.1, -0.05) is 24.3 Å². The number of hydrogen-bond acceptors (Lipinski definition) is 3. The molecule has 3 N–H and O–H groups in total. The Morgan fingerprint density at radius 1 is 1.08 bits per heavy atom.